The highest BCUT2D eigenvalue weighted by atomic mass is 32.2. The summed E-state index contributed by atoms with van der Waals surface area (Å²) in [7, 11) is -3.36. The molecule has 0 aromatic carbocycles. The SMILES string of the molecule is CC1(C)COP(=O)([C@@H]2N[C@H]([C@H]3O[C@@H]4OC(C)(C)O[C@@H]4[C@H]4OC(C)(C)O[C@H]43)SC2(C)C)OC1. The molecule has 11 heteroatoms. The fourth-order valence-corrected chi connectivity index (χ4v) is 9.68. The standard InChI is InChI=1S/C21H36NO8PS/c1-18(2)9-24-31(23,25-10-18)17-19(3,4)32-15(22-17)13-11-12(28-20(5,6)27-11)14-16(26-13)30-21(7,8)29-14/h11-17,22H,9-10H2,1-8H3/t11-,12+,13+,14-,15+,16-,17+/m1/s1. The second-order valence-electron chi connectivity index (χ2n) is 11.6. The molecule has 184 valence electrons. The van der Waals surface area contributed by atoms with Gasteiger partial charge >= 0.3 is 7.60 Å². The van der Waals surface area contributed by atoms with Crippen LogP contribution in [0.5, 0.6) is 0 Å². The van der Waals surface area contributed by atoms with Crippen molar-refractivity contribution < 1.29 is 37.3 Å². The Hall–Kier alpha value is 0.260. The molecule has 0 saturated carbocycles. The summed E-state index contributed by atoms with van der Waals surface area (Å²) in [4.78, 5) is 0. The van der Waals surface area contributed by atoms with Gasteiger partial charge in [-0.05, 0) is 41.5 Å². The Morgan fingerprint density at radius 1 is 0.781 bits per heavy atom. The molecule has 5 saturated heterocycles. The monoisotopic (exact) mass is 493 g/mol. The van der Waals surface area contributed by atoms with E-state index >= 15 is 0 Å². The quantitative estimate of drug-likeness (QED) is 0.577. The van der Waals surface area contributed by atoms with E-state index < -0.39 is 42.1 Å². The summed E-state index contributed by atoms with van der Waals surface area (Å²) in [5.41, 5.74) is -0.162. The molecule has 0 unspecified atom stereocenters. The van der Waals surface area contributed by atoms with Gasteiger partial charge < -0.3 is 32.7 Å². The minimum absolute atomic E-state index is 0.162. The Bertz CT molecular complexity index is 806. The predicted molar refractivity (Wildman–Crippen MR) is 118 cm³/mol. The van der Waals surface area contributed by atoms with Crippen LogP contribution in [0.2, 0.25) is 0 Å². The molecule has 7 atom stereocenters. The zero-order valence-corrected chi connectivity index (χ0v) is 21.8. The lowest BCUT2D eigenvalue weighted by molar-refractivity contribution is -0.234. The van der Waals surface area contributed by atoms with Gasteiger partial charge in [-0.1, -0.05) is 13.8 Å². The maximum absolute atomic E-state index is 13.7. The number of nitrogens with one attached hydrogen (secondary N) is 1. The first-order chi connectivity index (χ1) is 14.6. The van der Waals surface area contributed by atoms with Gasteiger partial charge in [-0.3, -0.25) is 9.88 Å². The minimum Gasteiger partial charge on any atom is -0.342 e. The second kappa shape index (κ2) is 7.38. The van der Waals surface area contributed by atoms with Gasteiger partial charge in [0.25, 0.3) is 0 Å². The van der Waals surface area contributed by atoms with Crippen molar-refractivity contribution in [3.05, 3.63) is 0 Å². The van der Waals surface area contributed by atoms with Crippen LogP contribution in [0.15, 0.2) is 0 Å². The summed E-state index contributed by atoms with van der Waals surface area (Å²) < 4.78 is 56.1. The van der Waals surface area contributed by atoms with Crippen LogP contribution in [0.3, 0.4) is 0 Å². The Morgan fingerprint density at radius 3 is 1.94 bits per heavy atom. The predicted octanol–water partition coefficient (Wildman–Crippen LogP) is 3.42. The molecule has 5 rings (SSSR count). The molecular weight excluding hydrogens is 457 g/mol. The van der Waals surface area contributed by atoms with E-state index in [1.807, 2.05) is 41.5 Å². The van der Waals surface area contributed by atoms with E-state index in [1.54, 1.807) is 11.8 Å². The van der Waals surface area contributed by atoms with Crippen molar-refractivity contribution in [2.75, 3.05) is 13.2 Å². The van der Waals surface area contributed by atoms with Crippen molar-refractivity contribution in [2.24, 2.45) is 5.41 Å². The molecule has 32 heavy (non-hydrogen) atoms. The Morgan fingerprint density at radius 2 is 1.31 bits per heavy atom. The first-order valence-corrected chi connectivity index (χ1v) is 13.8. The van der Waals surface area contributed by atoms with Gasteiger partial charge in [-0.2, -0.15) is 0 Å². The van der Waals surface area contributed by atoms with Crippen molar-refractivity contribution in [1.82, 2.24) is 5.32 Å². The number of hydrogen-bond acceptors (Lipinski definition) is 10. The molecule has 0 aromatic heterocycles. The molecule has 5 aliphatic rings. The first-order valence-electron chi connectivity index (χ1n) is 11.3. The van der Waals surface area contributed by atoms with Gasteiger partial charge in [0.05, 0.1) is 18.6 Å². The molecule has 5 fully saturated rings. The molecule has 5 aliphatic heterocycles. The average Bonchev–Trinajstić information content (AvgIpc) is 3.25. The topological polar surface area (TPSA) is 93.7 Å². The molecular formula is C21H36NO8PS. The number of fused-ring (bicyclic) bond motifs is 3. The largest absolute Gasteiger partial charge is 0.348 e. The Balaban J connectivity index is 1.39. The summed E-state index contributed by atoms with van der Waals surface area (Å²) in [6.45, 7) is 16.5. The van der Waals surface area contributed by atoms with Gasteiger partial charge in [0, 0.05) is 10.2 Å². The zero-order chi connectivity index (χ0) is 23.3. The van der Waals surface area contributed by atoms with Crippen LogP contribution in [-0.2, 0) is 37.3 Å². The summed E-state index contributed by atoms with van der Waals surface area (Å²) in [5, 5.41) is 3.30. The van der Waals surface area contributed by atoms with Crippen molar-refractivity contribution in [1.29, 1.82) is 0 Å². The van der Waals surface area contributed by atoms with E-state index in [4.69, 9.17) is 32.7 Å². The summed E-state index contributed by atoms with van der Waals surface area (Å²) in [6.07, 6.45) is -2.05. The number of rotatable bonds is 2. The molecule has 9 nitrogen and oxygen atoms in total. The van der Waals surface area contributed by atoms with Crippen LogP contribution in [0.4, 0.5) is 0 Å². The van der Waals surface area contributed by atoms with Crippen molar-refractivity contribution in [2.45, 2.75) is 114 Å². The van der Waals surface area contributed by atoms with Crippen LogP contribution in [0.1, 0.15) is 55.4 Å². The van der Waals surface area contributed by atoms with E-state index in [-0.39, 0.29) is 29.1 Å². The molecule has 0 amide bonds. The van der Waals surface area contributed by atoms with Gasteiger partial charge in [0.15, 0.2) is 17.9 Å². The van der Waals surface area contributed by atoms with Crippen molar-refractivity contribution in [3.8, 4) is 0 Å². The van der Waals surface area contributed by atoms with Crippen LogP contribution < -0.4 is 5.32 Å². The first kappa shape index (κ1) is 24.0. The lowest BCUT2D eigenvalue weighted by Gasteiger charge is -2.40. The second-order valence-corrected chi connectivity index (χ2v) is 15.5. The summed E-state index contributed by atoms with van der Waals surface area (Å²) >= 11 is 1.66. The molecule has 1 N–H and O–H groups in total. The van der Waals surface area contributed by atoms with E-state index in [9.17, 15) is 4.57 Å². The van der Waals surface area contributed by atoms with Crippen LogP contribution in [0.25, 0.3) is 0 Å². The van der Waals surface area contributed by atoms with E-state index in [2.05, 4.69) is 19.2 Å². The zero-order valence-electron chi connectivity index (χ0n) is 20.1. The molecule has 0 bridgehead atoms. The number of thioether (sulfide) groups is 1. The highest BCUT2D eigenvalue weighted by molar-refractivity contribution is 8.02. The van der Waals surface area contributed by atoms with Crippen molar-refractivity contribution in [3.63, 3.8) is 0 Å². The van der Waals surface area contributed by atoms with Gasteiger partial charge in [-0.15, -0.1) is 11.8 Å². The lowest BCUT2D eigenvalue weighted by Crippen LogP contribution is -2.60. The average molecular weight is 494 g/mol. The molecule has 0 radical (unpaired) electrons. The highest BCUT2D eigenvalue weighted by Crippen LogP contribution is 2.64. The Labute approximate surface area is 194 Å². The molecule has 0 spiro atoms. The third-order valence-electron chi connectivity index (χ3n) is 6.49. The molecule has 0 aromatic rings. The van der Waals surface area contributed by atoms with Crippen LogP contribution in [0, 0.1) is 5.41 Å². The summed E-state index contributed by atoms with van der Waals surface area (Å²) in [5.74, 6) is -2.02. The fourth-order valence-electron chi connectivity index (χ4n) is 5.06. The van der Waals surface area contributed by atoms with E-state index in [0.29, 0.717) is 13.2 Å². The highest BCUT2D eigenvalue weighted by Gasteiger charge is 2.65. The third kappa shape index (κ3) is 4.12. The summed E-state index contributed by atoms with van der Waals surface area (Å²) in [6, 6.07) is 0. The van der Waals surface area contributed by atoms with Crippen LogP contribution >= 0.6 is 19.4 Å². The Kier molecular flexibility index (Phi) is 5.53. The number of hydrogen-bond donors (Lipinski definition) is 1. The van der Waals surface area contributed by atoms with Gasteiger partial charge in [0.2, 0.25) is 0 Å². The van der Waals surface area contributed by atoms with E-state index in [0.717, 1.165) is 0 Å². The number of ether oxygens (including phenoxy) is 5. The minimum atomic E-state index is -3.36. The van der Waals surface area contributed by atoms with E-state index in [1.165, 1.54) is 0 Å². The lowest BCUT2D eigenvalue weighted by atomic mass is 9.97. The molecule has 0 aliphatic carbocycles. The van der Waals surface area contributed by atoms with Gasteiger partial charge in [-0.25, -0.2) is 0 Å². The third-order valence-corrected chi connectivity index (χ3v) is 10.6. The smallest absolute Gasteiger partial charge is 0.342 e. The van der Waals surface area contributed by atoms with Crippen LogP contribution in [-0.4, -0.2) is 71.4 Å². The normalized spacial score (nSPS) is 47.7. The maximum atomic E-state index is 13.7. The fraction of sp³-hybridized carbons (Fsp3) is 1.00. The van der Waals surface area contributed by atoms with Gasteiger partial charge in [0.1, 0.15) is 30.2 Å². The molecule has 5 heterocycles. The maximum Gasteiger partial charge on any atom is 0.348 e. The van der Waals surface area contributed by atoms with Crippen molar-refractivity contribution >= 4 is 19.4 Å².